The van der Waals surface area contributed by atoms with E-state index >= 15 is 0 Å². The van der Waals surface area contributed by atoms with Crippen LogP contribution in [0.3, 0.4) is 0 Å². The van der Waals surface area contributed by atoms with Crippen molar-refractivity contribution in [1.82, 2.24) is 14.9 Å². The van der Waals surface area contributed by atoms with Crippen molar-refractivity contribution in [3.05, 3.63) is 34.4 Å². The van der Waals surface area contributed by atoms with E-state index in [1.54, 1.807) is 25.3 Å². The van der Waals surface area contributed by atoms with Crippen LogP contribution in [-0.2, 0) is 4.74 Å². The van der Waals surface area contributed by atoms with E-state index < -0.39 is 0 Å². The summed E-state index contributed by atoms with van der Waals surface area (Å²) < 4.78 is 12.6. The van der Waals surface area contributed by atoms with Gasteiger partial charge in [-0.3, -0.25) is 5.10 Å². The number of aromatic nitrogens is 3. The standard InChI is InChI=1S/C14H16N4O3S/c1-20-10-4-5-11(19)9(7-10)8-15-18-13(16-17-14(18)22)12-3-2-6-21-12/h4-5,7-8,12,19H,2-3,6H2,1H3,(H,17,22)/b15-8+/t12-/m0/s1. The van der Waals surface area contributed by atoms with Gasteiger partial charge in [-0.25, -0.2) is 0 Å². The van der Waals surface area contributed by atoms with Crippen molar-refractivity contribution < 1.29 is 14.6 Å². The molecule has 2 aromatic rings. The molecular weight excluding hydrogens is 304 g/mol. The Morgan fingerprint density at radius 3 is 3.18 bits per heavy atom. The van der Waals surface area contributed by atoms with Gasteiger partial charge in [0.05, 0.1) is 13.3 Å². The molecule has 2 N–H and O–H groups in total. The molecule has 0 saturated carbocycles. The van der Waals surface area contributed by atoms with E-state index in [1.807, 2.05) is 0 Å². The molecule has 1 aliphatic heterocycles. The van der Waals surface area contributed by atoms with Gasteiger partial charge in [0, 0.05) is 12.2 Å². The first-order valence-corrected chi connectivity index (χ1v) is 7.30. The largest absolute Gasteiger partial charge is 0.507 e. The highest BCUT2D eigenvalue weighted by Gasteiger charge is 2.23. The Kier molecular flexibility index (Phi) is 4.21. The number of hydrogen-bond donors (Lipinski definition) is 2. The number of phenolic OH excluding ortho intramolecular Hbond substituents is 1. The molecule has 0 unspecified atom stereocenters. The number of nitrogens with zero attached hydrogens (tertiary/aromatic N) is 3. The first-order valence-electron chi connectivity index (χ1n) is 6.89. The molecule has 22 heavy (non-hydrogen) atoms. The van der Waals surface area contributed by atoms with Crippen LogP contribution in [-0.4, -0.2) is 39.9 Å². The lowest BCUT2D eigenvalue weighted by Crippen LogP contribution is -2.05. The summed E-state index contributed by atoms with van der Waals surface area (Å²) in [5.74, 6) is 1.38. The summed E-state index contributed by atoms with van der Waals surface area (Å²) in [6.45, 7) is 0.713. The van der Waals surface area contributed by atoms with Crippen LogP contribution in [0.2, 0.25) is 0 Å². The number of nitrogens with one attached hydrogen (secondary N) is 1. The smallest absolute Gasteiger partial charge is 0.216 e. The summed E-state index contributed by atoms with van der Waals surface area (Å²) in [6.07, 6.45) is 3.29. The molecule has 1 aromatic heterocycles. The van der Waals surface area contributed by atoms with Crippen LogP contribution < -0.4 is 4.74 Å². The summed E-state index contributed by atoms with van der Waals surface area (Å²) in [5, 5.41) is 21.1. The van der Waals surface area contributed by atoms with E-state index in [0.717, 1.165) is 12.8 Å². The van der Waals surface area contributed by atoms with Gasteiger partial charge in [0.1, 0.15) is 17.6 Å². The van der Waals surface area contributed by atoms with Crippen LogP contribution in [0, 0.1) is 4.77 Å². The van der Waals surface area contributed by atoms with Crippen LogP contribution in [0.4, 0.5) is 0 Å². The minimum absolute atomic E-state index is 0.107. The summed E-state index contributed by atoms with van der Waals surface area (Å²) in [6, 6.07) is 4.91. The van der Waals surface area contributed by atoms with Crippen LogP contribution in [0.25, 0.3) is 0 Å². The summed E-state index contributed by atoms with van der Waals surface area (Å²) >= 11 is 5.19. The first kappa shape index (κ1) is 14.7. The Bertz CT molecular complexity index is 747. The topological polar surface area (TPSA) is 84.7 Å². The Labute approximate surface area is 132 Å². The SMILES string of the molecule is COc1ccc(O)c(/C=N/n2c([C@@H]3CCCO3)n[nH]c2=S)c1. The fraction of sp³-hybridized carbons (Fsp3) is 0.357. The van der Waals surface area contributed by atoms with E-state index in [-0.39, 0.29) is 11.9 Å². The highest BCUT2D eigenvalue weighted by Crippen LogP contribution is 2.27. The monoisotopic (exact) mass is 320 g/mol. The molecule has 0 aliphatic carbocycles. The molecular formula is C14H16N4O3S. The number of ether oxygens (including phenoxy) is 2. The van der Waals surface area contributed by atoms with Crippen LogP contribution in [0.1, 0.15) is 30.3 Å². The molecule has 1 saturated heterocycles. The van der Waals surface area contributed by atoms with Gasteiger partial charge in [0.25, 0.3) is 0 Å². The molecule has 7 nitrogen and oxygen atoms in total. The number of H-pyrrole nitrogens is 1. The molecule has 0 amide bonds. The molecule has 0 spiro atoms. The number of phenols is 1. The van der Waals surface area contributed by atoms with Crippen molar-refractivity contribution in [1.29, 1.82) is 0 Å². The van der Waals surface area contributed by atoms with Crippen LogP contribution >= 0.6 is 12.2 Å². The third kappa shape index (κ3) is 2.88. The fourth-order valence-corrected chi connectivity index (χ4v) is 2.47. The summed E-state index contributed by atoms with van der Waals surface area (Å²) in [4.78, 5) is 0. The maximum absolute atomic E-state index is 9.88. The third-order valence-corrected chi connectivity index (χ3v) is 3.70. The van der Waals surface area contributed by atoms with Crippen molar-refractivity contribution >= 4 is 18.4 Å². The van der Waals surface area contributed by atoms with Gasteiger partial charge in [-0.1, -0.05) is 0 Å². The number of aromatic amines is 1. The van der Waals surface area contributed by atoms with Gasteiger partial charge < -0.3 is 14.6 Å². The maximum atomic E-state index is 9.88. The summed E-state index contributed by atoms with van der Waals surface area (Å²) in [5.41, 5.74) is 0.528. The van der Waals surface area contributed by atoms with E-state index in [1.165, 1.54) is 10.9 Å². The average molecular weight is 320 g/mol. The lowest BCUT2D eigenvalue weighted by molar-refractivity contribution is 0.102. The molecule has 0 radical (unpaired) electrons. The Morgan fingerprint density at radius 2 is 2.45 bits per heavy atom. The third-order valence-electron chi connectivity index (χ3n) is 3.44. The molecule has 1 aliphatic rings. The number of benzene rings is 1. The molecule has 116 valence electrons. The minimum atomic E-state index is -0.107. The minimum Gasteiger partial charge on any atom is -0.507 e. The Morgan fingerprint density at radius 1 is 1.59 bits per heavy atom. The zero-order valence-corrected chi connectivity index (χ0v) is 12.8. The fourth-order valence-electron chi connectivity index (χ4n) is 2.29. The van der Waals surface area contributed by atoms with Gasteiger partial charge in [0.2, 0.25) is 4.77 Å². The predicted octanol–water partition coefficient (Wildman–Crippen LogP) is 2.39. The second-order valence-electron chi connectivity index (χ2n) is 4.87. The molecule has 2 heterocycles. The van der Waals surface area contributed by atoms with Crippen LogP contribution in [0.5, 0.6) is 11.5 Å². The highest BCUT2D eigenvalue weighted by molar-refractivity contribution is 7.71. The van der Waals surface area contributed by atoms with Gasteiger partial charge in [-0.05, 0) is 43.3 Å². The zero-order valence-electron chi connectivity index (χ0n) is 12.0. The molecule has 1 aromatic carbocycles. The number of aromatic hydroxyl groups is 1. The Balaban J connectivity index is 1.93. The van der Waals surface area contributed by atoms with Crippen molar-refractivity contribution in [2.24, 2.45) is 5.10 Å². The number of methoxy groups -OCH3 is 1. The van der Waals surface area contributed by atoms with Crippen molar-refractivity contribution in [3.63, 3.8) is 0 Å². The van der Waals surface area contributed by atoms with E-state index in [4.69, 9.17) is 21.7 Å². The van der Waals surface area contributed by atoms with Crippen molar-refractivity contribution in [2.45, 2.75) is 18.9 Å². The van der Waals surface area contributed by atoms with Gasteiger partial charge in [0.15, 0.2) is 5.82 Å². The normalized spacial score (nSPS) is 18.1. The lowest BCUT2D eigenvalue weighted by atomic mass is 10.2. The van der Waals surface area contributed by atoms with E-state index in [9.17, 15) is 5.11 Å². The van der Waals surface area contributed by atoms with Gasteiger partial charge in [-0.15, -0.1) is 0 Å². The molecule has 1 fully saturated rings. The second-order valence-corrected chi connectivity index (χ2v) is 5.26. The van der Waals surface area contributed by atoms with Gasteiger partial charge in [-0.2, -0.15) is 14.9 Å². The average Bonchev–Trinajstić information content (AvgIpc) is 3.16. The quantitative estimate of drug-likeness (QED) is 0.667. The van der Waals surface area contributed by atoms with Gasteiger partial charge >= 0.3 is 0 Å². The maximum Gasteiger partial charge on any atom is 0.216 e. The zero-order chi connectivity index (χ0) is 15.5. The predicted molar refractivity (Wildman–Crippen MR) is 83.0 cm³/mol. The first-order chi connectivity index (χ1) is 10.7. The molecule has 3 rings (SSSR count). The van der Waals surface area contributed by atoms with E-state index in [2.05, 4.69) is 15.3 Å². The van der Waals surface area contributed by atoms with Crippen LogP contribution in [0.15, 0.2) is 23.3 Å². The number of hydrogen-bond acceptors (Lipinski definition) is 6. The summed E-state index contributed by atoms with van der Waals surface area (Å²) in [7, 11) is 1.56. The molecule has 0 bridgehead atoms. The highest BCUT2D eigenvalue weighted by atomic mass is 32.1. The Hall–Kier alpha value is -2.19. The van der Waals surface area contributed by atoms with E-state index in [0.29, 0.717) is 28.5 Å². The lowest BCUT2D eigenvalue weighted by Gasteiger charge is -2.07. The second kappa shape index (κ2) is 6.29. The molecule has 8 heteroatoms. The van der Waals surface area contributed by atoms with Crippen molar-refractivity contribution in [2.75, 3.05) is 13.7 Å². The van der Waals surface area contributed by atoms with Crippen molar-refractivity contribution in [3.8, 4) is 11.5 Å². The number of rotatable bonds is 4. The molecule has 1 atom stereocenters.